The Bertz CT molecular complexity index is 1690. The van der Waals surface area contributed by atoms with Gasteiger partial charge in [-0.05, 0) is 51.0 Å². The molecule has 1 aromatic heterocycles. The van der Waals surface area contributed by atoms with Crippen molar-refractivity contribution in [2.45, 2.75) is 54.6 Å². The maximum atomic E-state index is 14.1. The molecule has 41 heavy (non-hydrogen) atoms. The van der Waals surface area contributed by atoms with Gasteiger partial charge >= 0.3 is 0 Å². The molecule has 1 unspecified atom stereocenters. The minimum atomic E-state index is -4.29. The normalized spacial score (nSPS) is 19.8. The van der Waals surface area contributed by atoms with Crippen LogP contribution in [0.25, 0.3) is 0 Å². The Kier molecular flexibility index (Phi) is 7.44. The lowest BCUT2D eigenvalue weighted by molar-refractivity contribution is -0.121. The van der Waals surface area contributed by atoms with Gasteiger partial charge in [0.25, 0.3) is 0 Å². The third-order valence-electron chi connectivity index (χ3n) is 7.60. The smallest absolute Gasteiger partial charge is 0.245 e. The summed E-state index contributed by atoms with van der Waals surface area (Å²) in [5, 5.41) is 2.88. The summed E-state index contributed by atoms with van der Waals surface area (Å²) in [5.41, 5.74) is -0.0816. The number of carbonyl (C=O) groups excluding carboxylic acids is 3. The highest BCUT2D eigenvalue weighted by atomic mass is 32.2. The maximum absolute atomic E-state index is 14.1. The van der Waals surface area contributed by atoms with Crippen LogP contribution in [0.2, 0.25) is 0 Å². The fourth-order valence-corrected chi connectivity index (χ4v) is 8.72. The van der Waals surface area contributed by atoms with Crippen LogP contribution in [0.5, 0.6) is 0 Å². The van der Waals surface area contributed by atoms with E-state index in [4.69, 9.17) is 0 Å². The van der Waals surface area contributed by atoms with Gasteiger partial charge in [-0.15, -0.1) is 0 Å². The molecule has 3 heterocycles. The van der Waals surface area contributed by atoms with Crippen molar-refractivity contribution in [3.05, 3.63) is 77.9 Å². The Morgan fingerprint density at radius 3 is 1.85 bits per heavy atom. The molecular formula is C27H29N5O7S2. The molecule has 2 aliphatic heterocycles. The van der Waals surface area contributed by atoms with Crippen LogP contribution in [0.15, 0.2) is 70.8 Å². The number of Topliss-reactive ketones (excluding diaryl/α,β-unsaturated/α-hetero) is 2. The number of sulfonamides is 2. The summed E-state index contributed by atoms with van der Waals surface area (Å²) < 4.78 is 57.4. The summed E-state index contributed by atoms with van der Waals surface area (Å²) in [6.07, 6.45) is 2.99. The van der Waals surface area contributed by atoms with Crippen LogP contribution < -0.4 is 5.32 Å². The Balaban J connectivity index is 1.47. The topological polar surface area (TPSA) is 167 Å². The van der Waals surface area contributed by atoms with Crippen molar-refractivity contribution in [1.82, 2.24) is 23.9 Å². The average molecular weight is 600 g/mol. The number of hydrogen-bond acceptors (Lipinski definition) is 8. The predicted molar refractivity (Wildman–Crippen MR) is 147 cm³/mol. The lowest BCUT2D eigenvalue weighted by Crippen LogP contribution is -2.61. The molecule has 1 amide bonds. The zero-order valence-electron chi connectivity index (χ0n) is 22.4. The van der Waals surface area contributed by atoms with E-state index in [0.29, 0.717) is 16.8 Å². The molecule has 2 aliphatic rings. The minimum Gasteiger partial charge on any atom is -0.348 e. The molecule has 14 heteroatoms. The van der Waals surface area contributed by atoms with Gasteiger partial charge in [0, 0.05) is 42.5 Å². The van der Waals surface area contributed by atoms with E-state index < -0.39 is 37.7 Å². The Morgan fingerprint density at radius 1 is 0.878 bits per heavy atom. The van der Waals surface area contributed by atoms with Gasteiger partial charge < -0.3 is 10.3 Å². The highest BCUT2D eigenvalue weighted by Gasteiger charge is 2.58. The first-order valence-electron chi connectivity index (χ1n) is 12.9. The quantitative estimate of drug-likeness (QED) is 0.369. The number of benzene rings is 2. The Labute approximate surface area is 237 Å². The molecule has 3 aromatic rings. The van der Waals surface area contributed by atoms with Gasteiger partial charge in [0.1, 0.15) is 11.7 Å². The zero-order valence-corrected chi connectivity index (χ0v) is 24.0. The number of amides is 1. The number of rotatable bonds is 8. The van der Waals surface area contributed by atoms with Crippen molar-refractivity contribution in [2.75, 3.05) is 13.1 Å². The summed E-state index contributed by atoms with van der Waals surface area (Å²) in [5.74, 6) is -0.905. The number of carbonyl (C=O) groups is 3. The Morgan fingerprint density at radius 2 is 1.39 bits per heavy atom. The van der Waals surface area contributed by atoms with E-state index in [-0.39, 0.29) is 53.7 Å². The fraction of sp³-hybridized carbons (Fsp3) is 0.333. The number of ketones is 2. The molecule has 1 spiro atoms. The van der Waals surface area contributed by atoms with Crippen LogP contribution in [-0.2, 0) is 31.3 Å². The lowest BCUT2D eigenvalue weighted by atomic mass is 9.99. The van der Waals surface area contributed by atoms with Crippen LogP contribution in [0, 0.1) is 0 Å². The van der Waals surface area contributed by atoms with Crippen LogP contribution in [0.4, 0.5) is 0 Å². The van der Waals surface area contributed by atoms with Gasteiger partial charge in [-0.2, -0.15) is 8.61 Å². The van der Waals surface area contributed by atoms with Crippen LogP contribution in [-0.4, -0.2) is 77.7 Å². The summed E-state index contributed by atoms with van der Waals surface area (Å²) in [7, 11) is -8.23. The number of aromatic nitrogens is 2. The number of imidazole rings is 1. The molecule has 2 aromatic carbocycles. The molecule has 216 valence electrons. The molecule has 1 atom stereocenters. The van der Waals surface area contributed by atoms with Crippen LogP contribution >= 0.6 is 0 Å². The predicted octanol–water partition coefficient (Wildman–Crippen LogP) is 1.73. The third kappa shape index (κ3) is 5.23. The molecule has 2 N–H and O–H groups in total. The van der Waals surface area contributed by atoms with Crippen molar-refractivity contribution in [3.63, 3.8) is 0 Å². The van der Waals surface area contributed by atoms with E-state index in [1.807, 2.05) is 0 Å². The van der Waals surface area contributed by atoms with Crippen LogP contribution in [0.3, 0.4) is 0 Å². The van der Waals surface area contributed by atoms with Crippen molar-refractivity contribution < 1.29 is 31.2 Å². The highest BCUT2D eigenvalue weighted by Crippen LogP contribution is 2.40. The largest absolute Gasteiger partial charge is 0.348 e. The number of nitrogens with zero attached hydrogens (tertiary/aromatic N) is 3. The van der Waals surface area contributed by atoms with E-state index >= 15 is 0 Å². The van der Waals surface area contributed by atoms with Gasteiger partial charge in [0.2, 0.25) is 26.0 Å². The van der Waals surface area contributed by atoms with E-state index in [1.165, 1.54) is 79.2 Å². The average Bonchev–Trinajstić information content (AvgIpc) is 3.55. The number of hydrogen-bond donors (Lipinski definition) is 2. The highest BCUT2D eigenvalue weighted by molar-refractivity contribution is 7.89. The minimum absolute atomic E-state index is 0.00767. The molecule has 5 rings (SSSR count). The number of aromatic amines is 1. The van der Waals surface area contributed by atoms with E-state index in [0.717, 1.165) is 4.31 Å². The molecule has 2 saturated heterocycles. The summed E-state index contributed by atoms with van der Waals surface area (Å²) in [6.45, 7) is 2.66. The standard InChI is InChI=1S/C27H29N5O7S2/c1-18(33)20-3-7-23(8-4-20)40(36,37)31-13-11-27(12-14-31)30-26(35)25(15-22-16-28-17-29-22)32(27)41(38,39)24-9-5-21(6-10-24)19(2)34/h3-10,16-17,25H,11-15H2,1-2H3,(H,28,29)(H,30,35). The van der Waals surface area contributed by atoms with Crippen molar-refractivity contribution in [3.8, 4) is 0 Å². The second-order valence-corrected chi connectivity index (χ2v) is 13.9. The fourth-order valence-electron chi connectivity index (χ4n) is 5.38. The summed E-state index contributed by atoms with van der Waals surface area (Å²) >= 11 is 0. The number of H-pyrrole nitrogens is 1. The van der Waals surface area contributed by atoms with E-state index in [9.17, 15) is 31.2 Å². The first-order valence-corrected chi connectivity index (χ1v) is 15.8. The van der Waals surface area contributed by atoms with Crippen molar-refractivity contribution >= 4 is 37.5 Å². The molecular weight excluding hydrogens is 570 g/mol. The second kappa shape index (κ2) is 10.6. The van der Waals surface area contributed by atoms with E-state index in [1.54, 1.807) is 0 Å². The van der Waals surface area contributed by atoms with Gasteiger partial charge in [0.05, 0.1) is 16.1 Å². The van der Waals surface area contributed by atoms with Gasteiger partial charge in [-0.25, -0.2) is 21.8 Å². The summed E-state index contributed by atoms with van der Waals surface area (Å²) in [4.78, 5) is 43.5. The third-order valence-corrected chi connectivity index (χ3v) is 11.5. The van der Waals surface area contributed by atoms with Gasteiger partial charge in [-0.3, -0.25) is 14.4 Å². The SMILES string of the molecule is CC(=O)c1ccc(S(=O)(=O)N2CCC3(CC2)NC(=O)C(Cc2cnc[nH]2)N3S(=O)(=O)c2ccc(C(C)=O)cc2)cc1. The molecule has 2 fully saturated rings. The maximum Gasteiger partial charge on any atom is 0.245 e. The summed E-state index contributed by atoms with van der Waals surface area (Å²) in [6, 6.07) is 10.0. The molecule has 0 aliphatic carbocycles. The number of piperidine rings is 1. The molecule has 0 saturated carbocycles. The van der Waals surface area contributed by atoms with E-state index in [2.05, 4.69) is 15.3 Å². The van der Waals surface area contributed by atoms with Crippen molar-refractivity contribution in [1.29, 1.82) is 0 Å². The number of nitrogens with one attached hydrogen (secondary N) is 2. The zero-order chi connectivity index (χ0) is 29.6. The van der Waals surface area contributed by atoms with Crippen molar-refractivity contribution in [2.24, 2.45) is 0 Å². The monoisotopic (exact) mass is 599 g/mol. The van der Waals surface area contributed by atoms with Crippen LogP contribution in [0.1, 0.15) is 53.1 Å². The van der Waals surface area contributed by atoms with Gasteiger partial charge in [0.15, 0.2) is 11.6 Å². The first kappa shape index (κ1) is 28.8. The Hall–Kier alpha value is -3.72. The molecule has 12 nitrogen and oxygen atoms in total. The first-order chi connectivity index (χ1) is 19.3. The lowest BCUT2D eigenvalue weighted by Gasteiger charge is -2.43. The van der Waals surface area contributed by atoms with Gasteiger partial charge in [-0.1, -0.05) is 24.3 Å². The molecule has 0 bridgehead atoms. The molecule has 0 radical (unpaired) electrons. The second-order valence-electron chi connectivity index (χ2n) is 10.2.